The van der Waals surface area contributed by atoms with Gasteiger partial charge in [-0.25, -0.2) is 0 Å². The van der Waals surface area contributed by atoms with Crippen LogP contribution in [-0.4, -0.2) is 12.0 Å². The Morgan fingerprint density at radius 1 is 1.08 bits per heavy atom. The molecule has 1 heteroatoms. The van der Waals surface area contributed by atoms with Gasteiger partial charge in [0, 0.05) is 0 Å². The molecule has 0 saturated carbocycles. The Balaban J connectivity index is 2.53. The molecule has 0 radical (unpaired) electrons. The van der Waals surface area contributed by atoms with Gasteiger partial charge < -0.3 is 0 Å². The fraction of sp³-hybridized carbons (Fsp3) is 0.455. The summed E-state index contributed by atoms with van der Waals surface area (Å²) in [5, 5.41) is 0. The summed E-state index contributed by atoms with van der Waals surface area (Å²) in [5.74, 6) is 1.23. The average molecular weight is 180 g/mol. The molecule has 0 unspecified atom stereocenters. The lowest BCUT2D eigenvalue weighted by Crippen LogP contribution is -1.88. The third-order valence-electron chi connectivity index (χ3n) is 2.03. The summed E-state index contributed by atoms with van der Waals surface area (Å²) in [6.45, 7) is 2.19. The minimum absolute atomic E-state index is 1.14. The molecule has 0 spiro atoms. The summed E-state index contributed by atoms with van der Waals surface area (Å²) in [4.78, 5) is 0. The van der Waals surface area contributed by atoms with Crippen LogP contribution >= 0.6 is 11.8 Å². The van der Waals surface area contributed by atoms with Gasteiger partial charge in [0.2, 0.25) is 0 Å². The third kappa shape index (κ3) is 2.90. The summed E-state index contributed by atoms with van der Waals surface area (Å²) in [7, 11) is 0. The van der Waals surface area contributed by atoms with E-state index in [1.54, 1.807) is 0 Å². The van der Waals surface area contributed by atoms with Gasteiger partial charge in [0.15, 0.2) is 0 Å². The van der Waals surface area contributed by atoms with E-state index < -0.39 is 0 Å². The summed E-state index contributed by atoms with van der Waals surface area (Å²) < 4.78 is 0. The standard InChI is InChI=1S/C11H16S/c1-3-10-4-6-11(7-5-10)8-9-12-2/h4-7H,3,8-9H2,1-2H3. The predicted octanol–water partition coefficient (Wildman–Crippen LogP) is 3.15. The monoisotopic (exact) mass is 180 g/mol. The Bertz CT molecular complexity index is 213. The maximum atomic E-state index is 2.25. The normalized spacial score (nSPS) is 10.2. The molecule has 0 aliphatic carbocycles. The molecule has 0 fully saturated rings. The Morgan fingerprint density at radius 2 is 1.67 bits per heavy atom. The van der Waals surface area contributed by atoms with Crippen molar-refractivity contribution in [3.63, 3.8) is 0 Å². The van der Waals surface area contributed by atoms with Crippen LogP contribution in [0.15, 0.2) is 24.3 Å². The van der Waals surface area contributed by atoms with E-state index in [0.29, 0.717) is 0 Å². The fourth-order valence-electron chi connectivity index (χ4n) is 1.16. The zero-order valence-corrected chi connectivity index (χ0v) is 8.66. The molecule has 12 heavy (non-hydrogen) atoms. The lowest BCUT2D eigenvalue weighted by Gasteiger charge is -2.00. The van der Waals surface area contributed by atoms with Gasteiger partial charge in [-0.15, -0.1) is 0 Å². The van der Waals surface area contributed by atoms with Crippen molar-refractivity contribution in [1.29, 1.82) is 0 Å². The Kier molecular flexibility index (Phi) is 4.23. The fourth-order valence-corrected chi connectivity index (χ4v) is 1.60. The zero-order chi connectivity index (χ0) is 8.81. The van der Waals surface area contributed by atoms with Crippen LogP contribution < -0.4 is 0 Å². The van der Waals surface area contributed by atoms with Crippen LogP contribution in [0, 0.1) is 0 Å². The van der Waals surface area contributed by atoms with Crippen LogP contribution in [0.25, 0.3) is 0 Å². The van der Waals surface area contributed by atoms with Crippen LogP contribution in [0.3, 0.4) is 0 Å². The third-order valence-corrected chi connectivity index (χ3v) is 2.64. The van der Waals surface area contributed by atoms with E-state index in [0.717, 1.165) is 6.42 Å². The summed E-state index contributed by atoms with van der Waals surface area (Å²) in [6, 6.07) is 8.95. The van der Waals surface area contributed by atoms with E-state index in [2.05, 4.69) is 37.4 Å². The first-order valence-corrected chi connectivity index (χ1v) is 5.83. The molecule has 0 atom stereocenters. The highest BCUT2D eigenvalue weighted by molar-refractivity contribution is 7.98. The number of aryl methyl sites for hydroxylation is 2. The molecule has 1 aromatic carbocycles. The minimum Gasteiger partial charge on any atom is -0.165 e. The Hall–Kier alpha value is -0.430. The second-order valence-electron chi connectivity index (χ2n) is 2.91. The summed E-state index contributed by atoms with van der Waals surface area (Å²) >= 11 is 1.91. The quantitative estimate of drug-likeness (QED) is 0.686. The van der Waals surface area contributed by atoms with E-state index in [-0.39, 0.29) is 0 Å². The molecule has 0 heterocycles. The van der Waals surface area contributed by atoms with Gasteiger partial charge >= 0.3 is 0 Å². The molecule has 0 aliphatic heterocycles. The number of rotatable bonds is 4. The topological polar surface area (TPSA) is 0 Å². The molecule has 0 N–H and O–H groups in total. The van der Waals surface area contributed by atoms with Gasteiger partial charge in [-0.1, -0.05) is 31.2 Å². The van der Waals surface area contributed by atoms with Crippen LogP contribution in [0.4, 0.5) is 0 Å². The largest absolute Gasteiger partial charge is 0.165 e. The van der Waals surface area contributed by atoms with Gasteiger partial charge in [-0.2, -0.15) is 11.8 Å². The minimum atomic E-state index is 1.14. The highest BCUT2D eigenvalue weighted by atomic mass is 32.2. The van der Waals surface area contributed by atoms with Crippen molar-refractivity contribution in [1.82, 2.24) is 0 Å². The maximum Gasteiger partial charge on any atom is -0.00298 e. The lowest BCUT2D eigenvalue weighted by atomic mass is 10.1. The van der Waals surface area contributed by atoms with Gasteiger partial charge in [0.25, 0.3) is 0 Å². The van der Waals surface area contributed by atoms with Gasteiger partial charge in [0.1, 0.15) is 0 Å². The smallest absolute Gasteiger partial charge is 0.00298 e. The highest BCUT2D eigenvalue weighted by Gasteiger charge is 1.92. The number of hydrogen-bond acceptors (Lipinski definition) is 1. The number of benzene rings is 1. The van der Waals surface area contributed by atoms with Crippen molar-refractivity contribution >= 4 is 11.8 Å². The van der Waals surface area contributed by atoms with E-state index in [1.807, 2.05) is 11.8 Å². The molecule has 1 rings (SSSR count). The molecular formula is C11H16S. The van der Waals surface area contributed by atoms with Crippen LogP contribution in [-0.2, 0) is 12.8 Å². The van der Waals surface area contributed by atoms with Crippen molar-refractivity contribution in [3.05, 3.63) is 35.4 Å². The van der Waals surface area contributed by atoms with E-state index >= 15 is 0 Å². The van der Waals surface area contributed by atoms with Gasteiger partial charge in [-0.3, -0.25) is 0 Å². The maximum absolute atomic E-state index is 2.25. The molecule has 1 aromatic rings. The molecule has 0 nitrogen and oxygen atoms in total. The Morgan fingerprint density at radius 3 is 2.17 bits per heavy atom. The summed E-state index contributed by atoms with van der Waals surface area (Å²) in [6.07, 6.45) is 4.49. The molecule has 0 bridgehead atoms. The first-order chi connectivity index (χ1) is 5.86. The SMILES string of the molecule is CCc1ccc(CCSC)cc1. The van der Waals surface area contributed by atoms with Crippen molar-refractivity contribution in [3.8, 4) is 0 Å². The van der Waals surface area contributed by atoms with Gasteiger partial charge in [-0.05, 0) is 36.0 Å². The number of hydrogen-bond donors (Lipinski definition) is 0. The van der Waals surface area contributed by atoms with Crippen LogP contribution in [0.1, 0.15) is 18.1 Å². The lowest BCUT2D eigenvalue weighted by molar-refractivity contribution is 1.11. The molecule has 0 aliphatic rings. The van der Waals surface area contributed by atoms with E-state index in [9.17, 15) is 0 Å². The molecule has 66 valence electrons. The highest BCUT2D eigenvalue weighted by Crippen LogP contribution is 2.07. The van der Waals surface area contributed by atoms with Crippen molar-refractivity contribution in [2.24, 2.45) is 0 Å². The molecule has 0 aromatic heterocycles. The Labute approximate surface area is 79.4 Å². The number of thioether (sulfide) groups is 1. The van der Waals surface area contributed by atoms with Crippen molar-refractivity contribution in [2.45, 2.75) is 19.8 Å². The van der Waals surface area contributed by atoms with Crippen LogP contribution in [0.5, 0.6) is 0 Å². The summed E-state index contributed by atoms with van der Waals surface area (Å²) in [5.41, 5.74) is 2.89. The first-order valence-electron chi connectivity index (χ1n) is 4.43. The molecule has 0 saturated heterocycles. The second-order valence-corrected chi connectivity index (χ2v) is 3.90. The van der Waals surface area contributed by atoms with Crippen molar-refractivity contribution < 1.29 is 0 Å². The van der Waals surface area contributed by atoms with Crippen LogP contribution in [0.2, 0.25) is 0 Å². The van der Waals surface area contributed by atoms with E-state index in [1.165, 1.54) is 23.3 Å². The molecule has 0 amide bonds. The van der Waals surface area contributed by atoms with E-state index in [4.69, 9.17) is 0 Å². The second kappa shape index (κ2) is 5.26. The first kappa shape index (κ1) is 9.66. The average Bonchev–Trinajstić information content (AvgIpc) is 2.15. The molecular weight excluding hydrogens is 164 g/mol. The predicted molar refractivity (Wildman–Crippen MR) is 57.9 cm³/mol. The van der Waals surface area contributed by atoms with Crippen molar-refractivity contribution in [2.75, 3.05) is 12.0 Å². The van der Waals surface area contributed by atoms with Gasteiger partial charge in [0.05, 0.1) is 0 Å². The zero-order valence-electron chi connectivity index (χ0n) is 7.84.